The van der Waals surface area contributed by atoms with Gasteiger partial charge in [0.05, 0.1) is 9.75 Å². The molecule has 0 fully saturated rings. The summed E-state index contributed by atoms with van der Waals surface area (Å²) < 4.78 is 0. The summed E-state index contributed by atoms with van der Waals surface area (Å²) in [4.78, 5) is 18.7. The van der Waals surface area contributed by atoms with Gasteiger partial charge in [-0.2, -0.15) is 0 Å². The van der Waals surface area contributed by atoms with Gasteiger partial charge < -0.3 is 4.90 Å². The second-order valence-electron chi connectivity index (χ2n) is 7.81. The smallest absolute Gasteiger partial charge is 0.174 e. The van der Waals surface area contributed by atoms with Crippen molar-refractivity contribution >= 4 is 39.7 Å². The predicted molar refractivity (Wildman–Crippen MR) is 147 cm³/mol. The number of aromatic nitrogens is 3. The van der Waals surface area contributed by atoms with Crippen LogP contribution in [-0.2, 0) is 0 Å². The minimum Gasteiger partial charge on any atom is -0.311 e. The van der Waals surface area contributed by atoms with Crippen LogP contribution in [0.5, 0.6) is 0 Å². The van der Waals surface area contributed by atoms with Crippen LogP contribution in [0.25, 0.3) is 32.8 Å². The first-order valence-electron chi connectivity index (χ1n) is 11.2. The molecule has 0 aliphatic carbocycles. The van der Waals surface area contributed by atoms with Gasteiger partial charge in [0, 0.05) is 22.6 Å². The van der Waals surface area contributed by atoms with Crippen molar-refractivity contribution in [3.63, 3.8) is 0 Å². The van der Waals surface area contributed by atoms with Gasteiger partial charge in [-0.25, -0.2) is 15.0 Å². The van der Waals surface area contributed by atoms with Crippen LogP contribution in [0, 0.1) is 0 Å². The zero-order valence-corrected chi connectivity index (χ0v) is 20.3. The van der Waals surface area contributed by atoms with Crippen molar-refractivity contribution in [2.75, 3.05) is 4.90 Å². The van der Waals surface area contributed by atoms with Crippen LogP contribution >= 0.6 is 22.7 Å². The highest BCUT2D eigenvalue weighted by Crippen LogP contribution is 2.35. The van der Waals surface area contributed by atoms with Crippen molar-refractivity contribution in [2.24, 2.45) is 0 Å². The highest BCUT2D eigenvalue weighted by atomic mass is 32.1. The van der Waals surface area contributed by atoms with Gasteiger partial charge in [-0.1, -0.05) is 48.5 Å². The largest absolute Gasteiger partial charge is 0.311 e. The molecule has 3 aromatic heterocycles. The molecule has 0 saturated carbocycles. The Hall–Kier alpha value is -4.13. The van der Waals surface area contributed by atoms with E-state index in [1.807, 2.05) is 47.2 Å². The van der Waals surface area contributed by atoms with E-state index in [1.54, 1.807) is 22.7 Å². The lowest BCUT2D eigenvalue weighted by molar-refractivity contribution is 1.08. The highest BCUT2D eigenvalue weighted by Gasteiger charge is 2.15. The fourth-order valence-electron chi connectivity index (χ4n) is 3.90. The maximum Gasteiger partial charge on any atom is 0.174 e. The Labute approximate surface area is 211 Å². The van der Waals surface area contributed by atoms with E-state index in [0.717, 1.165) is 32.4 Å². The number of para-hydroxylation sites is 2. The molecule has 6 aromatic rings. The number of benzene rings is 3. The summed E-state index contributed by atoms with van der Waals surface area (Å²) in [6, 6.07) is 37.3. The Morgan fingerprint density at radius 3 is 1.34 bits per heavy atom. The van der Waals surface area contributed by atoms with Crippen LogP contribution in [0.15, 0.2) is 120 Å². The van der Waals surface area contributed by atoms with Crippen molar-refractivity contribution < 1.29 is 0 Å². The van der Waals surface area contributed by atoms with E-state index in [0.29, 0.717) is 17.5 Å². The van der Waals surface area contributed by atoms with Gasteiger partial charge in [0.25, 0.3) is 0 Å². The van der Waals surface area contributed by atoms with Gasteiger partial charge in [0.1, 0.15) is 0 Å². The molecule has 0 unspecified atom stereocenters. The lowest BCUT2D eigenvalue weighted by atomic mass is 10.1. The third kappa shape index (κ3) is 4.49. The Morgan fingerprint density at radius 2 is 0.886 bits per heavy atom. The van der Waals surface area contributed by atoms with E-state index < -0.39 is 0 Å². The third-order valence-corrected chi connectivity index (χ3v) is 7.26. The molecule has 0 bridgehead atoms. The molecule has 0 amide bonds. The second-order valence-corrected chi connectivity index (χ2v) is 9.71. The number of anilines is 3. The van der Waals surface area contributed by atoms with E-state index in [-0.39, 0.29) is 0 Å². The molecule has 0 aliphatic rings. The molecule has 35 heavy (non-hydrogen) atoms. The highest BCUT2D eigenvalue weighted by molar-refractivity contribution is 7.13. The predicted octanol–water partition coefficient (Wildman–Crippen LogP) is 8.47. The Bertz CT molecular complexity index is 1420. The van der Waals surface area contributed by atoms with E-state index in [2.05, 4.69) is 77.7 Å². The number of hydrogen-bond donors (Lipinski definition) is 0. The van der Waals surface area contributed by atoms with Crippen molar-refractivity contribution in [1.82, 2.24) is 15.0 Å². The molecule has 3 aromatic carbocycles. The quantitative estimate of drug-likeness (QED) is 0.236. The van der Waals surface area contributed by atoms with E-state index in [4.69, 9.17) is 15.0 Å². The first-order valence-corrected chi connectivity index (χ1v) is 13.0. The van der Waals surface area contributed by atoms with Crippen LogP contribution in [0.3, 0.4) is 0 Å². The molecule has 168 valence electrons. The van der Waals surface area contributed by atoms with Crippen molar-refractivity contribution in [1.29, 1.82) is 0 Å². The summed E-state index contributed by atoms with van der Waals surface area (Å²) in [6.07, 6.45) is 0. The lowest BCUT2D eigenvalue weighted by Gasteiger charge is -2.25. The molecule has 0 saturated heterocycles. The van der Waals surface area contributed by atoms with Gasteiger partial charge in [0.15, 0.2) is 17.5 Å². The van der Waals surface area contributed by atoms with Crippen LogP contribution in [0.4, 0.5) is 17.1 Å². The number of nitrogens with zero attached hydrogens (tertiary/aromatic N) is 4. The van der Waals surface area contributed by atoms with Gasteiger partial charge in [-0.15, -0.1) is 22.7 Å². The van der Waals surface area contributed by atoms with Gasteiger partial charge >= 0.3 is 0 Å². The SMILES string of the molecule is c1ccc(N(c2ccccc2)c2ccc(-c3nc(-c4cccs4)nc(-c4cccs4)n3)cc2)cc1. The number of hydrogen-bond acceptors (Lipinski definition) is 6. The average molecular weight is 489 g/mol. The molecule has 3 heterocycles. The Morgan fingerprint density at radius 1 is 0.429 bits per heavy atom. The first-order chi connectivity index (χ1) is 17.3. The number of rotatable bonds is 6. The maximum atomic E-state index is 4.83. The maximum absolute atomic E-state index is 4.83. The summed E-state index contributed by atoms with van der Waals surface area (Å²) in [5, 5.41) is 4.08. The zero-order chi connectivity index (χ0) is 23.5. The minimum absolute atomic E-state index is 0.671. The Balaban J connectivity index is 1.42. The molecule has 6 rings (SSSR count). The molecule has 0 aliphatic heterocycles. The fourth-order valence-corrected chi connectivity index (χ4v) is 5.21. The summed E-state index contributed by atoms with van der Waals surface area (Å²) in [6.45, 7) is 0. The topological polar surface area (TPSA) is 41.9 Å². The van der Waals surface area contributed by atoms with Crippen molar-refractivity contribution in [3.05, 3.63) is 120 Å². The van der Waals surface area contributed by atoms with Gasteiger partial charge in [-0.05, 0) is 71.4 Å². The molecule has 0 atom stereocenters. The van der Waals surface area contributed by atoms with Crippen LogP contribution in [0.2, 0.25) is 0 Å². The molecule has 4 nitrogen and oxygen atoms in total. The standard InChI is InChI=1S/C29H20N4S2/c1-3-9-22(10-4-1)33(23-11-5-2-6-12-23)24-17-15-21(16-18-24)27-30-28(25-13-7-19-34-25)32-29(31-27)26-14-8-20-35-26/h1-20H. The lowest BCUT2D eigenvalue weighted by Crippen LogP contribution is -2.09. The summed E-state index contributed by atoms with van der Waals surface area (Å²) in [5.74, 6) is 2.07. The van der Waals surface area contributed by atoms with Crippen molar-refractivity contribution in [2.45, 2.75) is 0 Å². The molecule has 6 heteroatoms. The normalized spacial score (nSPS) is 10.9. The molecule has 0 radical (unpaired) electrons. The summed E-state index contributed by atoms with van der Waals surface area (Å²) in [5.41, 5.74) is 4.23. The average Bonchev–Trinajstić information content (AvgIpc) is 3.66. The van der Waals surface area contributed by atoms with Crippen LogP contribution in [0.1, 0.15) is 0 Å². The monoisotopic (exact) mass is 488 g/mol. The van der Waals surface area contributed by atoms with Crippen LogP contribution in [-0.4, -0.2) is 15.0 Å². The van der Waals surface area contributed by atoms with Crippen LogP contribution < -0.4 is 4.90 Å². The summed E-state index contributed by atoms with van der Waals surface area (Å²) >= 11 is 3.26. The van der Waals surface area contributed by atoms with Crippen molar-refractivity contribution in [3.8, 4) is 32.8 Å². The van der Waals surface area contributed by atoms with E-state index in [1.165, 1.54) is 0 Å². The number of thiophene rings is 2. The molecular weight excluding hydrogens is 468 g/mol. The van der Waals surface area contributed by atoms with Gasteiger partial charge in [0.2, 0.25) is 0 Å². The molecular formula is C29H20N4S2. The second kappa shape index (κ2) is 9.62. The zero-order valence-electron chi connectivity index (χ0n) is 18.7. The first kappa shape index (κ1) is 21.4. The van der Waals surface area contributed by atoms with Gasteiger partial charge in [-0.3, -0.25) is 0 Å². The minimum atomic E-state index is 0.671. The Kier molecular flexibility index (Phi) is 5.88. The third-order valence-electron chi connectivity index (χ3n) is 5.53. The fraction of sp³-hybridized carbons (Fsp3) is 0. The van der Waals surface area contributed by atoms with E-state index >= 15 is 0 Å². The summed E-state index contributed by atoms with van der Waals surface area (Å²) in [7, 11) is 0. The van der Waals surface area contributed by atoms with E-state index in [9.17, 15) is 0 Å². The molecule has 0 spiro atoms. The molecule has 0 N–H and O–H groups in total.